The Balaban J connectivity index is 1.22. The Labute approximate surface area is 208 Å². The second-order valence-corrected chi connectivity index (χ2v) is 11.2. The predicted molar refractivity (Wildman–Crippen MR) is 136 cm³/mol. The molecule has 3 aliphatic heterocycles. The molecule has 0 radical (unpaired) electrons. The number of nitrogens with zero attached hydrogens (tertiary/aromatic N) is 3. The molecule has 2 aromatic carbocycles. The summed E-state index contributed by atoms with van der Waals surface area (Å²) in [5, 5.41) is 6.55. The van der Waals surface area contributed by atoms with Crippen molar-refractivity contribution >= 4 is 40.1 Å². The number of benzene rings is 2. The van der Waals surface area contributed by atoms with Gasteiger partial charge in [-0.15, -0.1) is 0 Å². The number of imide groups is 1. The fourth-order valence-corrected chi connectivity index (χ4v) is 6.82. The molecule has 1 saturated heterocycles. The number of hydrogen-bond acceptors (Lipinski definition) is 5. The van der Waals surface area contributed by atoms with Crippen LogP contribution < -0.4 is 15.5 Å². The van der Waals surface area contributed by atoms with E-state index in [0.29, 0.717) is 25.8 Å². The molecular formula is C28H27N5O3. The topological polar surface area (TPSA) is 94.6 Å². The van der Waals surface area contributed by atoms with Crippen molar-refractivity contribution in [3.05, 3.63) is 64.3 Å². The standard InChI is InChI=1S/C28H27N5O3/c1-15-6-21-24-22(7-15)33(14-27(24,2)12-23(34)30-21)13-19-5-4-16-8-17-10-28(11-18(17)9-20(16)29-19)25(35)31-26(36)32(28)3/h4-9H,10-14H2,1-3H3,(H,30,34)(H,31,35,36). The van der Waals surface area contributed by atoms with E-state index in [2.05, 4.69) is 65.8 Å². The van der Waals surface area contributed by atoms with Gasteiger partial charge in [-0.3, -0.25) is 19.9 Å². The van der Waals surface area contributed by atoms with Gasteiger partial charge in [-0.25, -0.2) is 4.79 Å². The molecule has 1 aromatic heterocycles. The van der Waals surface area contributed by atoms with Crippen LogP contribution in [0.4, 0.5) is 16.2 Å². The molecule has 3 aromatic rings. The lowest BCUT2D eigenvalue weighted by Crippen LogP contribution is -2.48. The number of aromatic nitrogens is 1. The molecule has 1 spiro atoms. The molecular weight excluding hydrogens is 454 g/mol. The lowest BCUT2D eigenvalue weighted by molar-refractivity contribution is -0.125. The second-order valence-electron chi connectivity index (χ2n) is 11.2. The molecule has 8 nitrogen and oxygen atoms in total. The number of pyridine rings is 1. The average Bonchev–Trinajstić information content (AvgIpc) is 3.38. The van der Waals surface area contributed by atoms with Gasteiger partial charge in [0.05, 0.1) is 17.8 Å². The molecule has 1 fully saturated rings. The Kier molecular flexibility index (Phi) is 4.06. The van der Waals surface area contributed by atoms with E-state index < -0.39 is 5.54 Å². The SMILES string of the molecule is Cc1cc2c3c(c1)N(Cc1ccc4cc5c(cc4n1)CC1(C5)C(=O)NC(=O)N1C)CC3(C)CC(=O)N2. The monoisotopic (exact) mass is 481 g/mol. The van der Waals surface area contributed by atoms with Crippen LogP contribution in [0.3, 0.4) is 0 Å². The average molecular weight is 482 g/mol. The van der Waals surface area contributed by atoms with Gasteiger partial charge >= 0.3 is 6.03 Å². The van der Waals surface area contributed by atoms with Crippen LogP contribution in [0.1, 0.15) is 41.3 Å². The van der Waals surface area contributed by atoms with E-state index in [1.165, 1.54) is 11.3 Å². The highest BCUT2D eigenvalue weighted by Crippen LogP contribution is 2.50. The minimum atomic E-state index is -0.837. The Morgan fingerprint density at radius 2 is 1.78 bits per heavy atom. The van der Waals surface area contributed by atoms with Gasteiger partial charge in [0.1, 0.15) is 5.54 Å². The van der Waals surface area contributed by atoms with Crippen LogP contribution in [0.5, 0.6) is 0 Å². The molecule has 4 heterocycles. The van der Waals surface area contributed by atoms with Crippen molar-refractivity contribution in [1.82, 2.24) is 15.2 Å². The first kappa shape index (κ1) is 21.4. The minimum absolute atomic E-state index is 0.0714. The van der Waals surface area contributed by atoms with Gasteiger partial charge in [-0.2, -0.15) is 0 Å². The number of likely N-dealkylation sites (N-methyl/N-ethyl adjacent to an activating group) is 1. The number of hydrogen-bond donors (Lipinski definition) is 2. The molecule has 2 N–H and O–H groups in total. The maximum absolute atomic E-state index is 12.7. The molecule has 0 bridgehead atoms. The Morgan fingerprint density at radius 1 is 1.00 bits per heavy atom. The Bertz CT molecular complexity index is 1550. The fourth-order valence-electron chi connectivity index (χ4n) is 6.82. The smallest absolute Gasteiger partial charge is 0.324 e. The quantitative estimate of drug-likeness (QED) is 0.549. The molecule has 0 saturated carbocycles. The number of carbonyl (C=O) groups is 3. The Morgan fingerprint density at radius 3 is 2.53 bits per heavy atom. The highest BCUT2D eigenvalue weighted by molar-refractivity contribution is 6.08. The van der Waals surface area contributed by atoms with E-state index in [0.717, 1.165) is 45.5 Å². The summed E-state index contributed by atoms with van der Waals surface area (Å²) in [6, 6.07) is 12.3. The number of anilines is 2. The van der Waals surface area contributed by atoms with E-state index in [4.69, 9.17) is 4.98 Å². The largest absolute Gasteiger partial charge is 0.364 e. The van der Waals surface area contributed by atoms with Gasteiger partial charge in [-0.05, 0) is 53.9 Å². The van der Waals surface area contributed by atoms with Crippen molar-refractivity contribution in [1.29, 1.82) is 0 Å². The molecule has 36 heavy (non-hydrogen) atoms. The van der Waals surface area contributed by atoms with Crippen molar-refractivity contribution in [2.75, 3.05) is 23.8 Å². The van der Waals surface area contributed by atoms with Crippen molar-refractivity contribution in [2.24, 2.45) is 0 Å². The minimum Gasteiger partial charge on any atom is -0.364 e. The number of carbonyl (C=O) groups excluding carboxylic acids is 3. The summed E-state index contributed by atoms with van der Waals surface area (Å²) >= 11 is 0. The highest BCUT2D eigenvalue weighted by atomic mass is 16.2. The zero-order chi connectivity index (χ0) is 25.0. The number of amides is 4. The van der Waals surface area contributed by atoms with Crippen LogP contribution in [-0.4, -0.2) is 46.9 Å². The first-order valence-electron chi connectivity index (χ1n) is 12.4. The Hall–Kier alpha value is -3.94. The summed E-state index contributed by atoms with van der Waals surface area (Å²) in [5.74, 6) is -0.151. The van der Waals surface area contributed by atoms with Gasteiger partial charge < -0.3 is 15.1 Å². The van der Waals surface area contributed by atoms with Crippen LogP contribution in [0.15, 0.2) is 36.4 Å². The third-order valence-corrected chi connectivity index (χ3v) is 8.55. The summed E-state index contributed by atoms with van der Waals surface area (Å²) in [6.07, 6.45) is 1.50. The first-order valence-corrected chi connectivity index (χ1v) is 12.4. The van der Waals surface area contributed by atoms with Gasteiger partial charge in [-0.1, -0.05) is 13.0 Å². The lowest BCUT2D eigenvalue weighted by atomic mass is 9.77. The van der Waals surface area contributed by atoms with Crippen molar-refractivity contribution < 1.29 is 14.4 Å². The van der Waals surface area contributed by atoms with Gasteiger partial charge in [0.2, 0.25) is 5.91 Å². The van der Waals surface area contributed by atoms with Crippen molar-refractivity contribution in [3.8, 4) is 0 Å². The summed E-state index contributed by atoms with van der Waals surface area (Å²) in [4.78, 5) is 46.1. The van der Waals surface area contributed by atoms with Gasteiger partial charge in [0.25, 0.3) is 5.91 Å². The van der Waals surface area contributed by atoms with Crippen LogP contribution in [0, 0.1) is 6.92 Å². The molecule has 2 atom stereocenters. The first-order chi connectivity index (χ1) is 17.1. The third kappa shape index (κ3) is 2.81. The van der Waals surface area contributed by atoms with E-state index >= 15 is 0 Å². The third-order valence-electron chi connectivity index (χ3n) is 8.55. The van der Waals surface area contributed by atoms with E-state index in [1.54, 1.807) is 11.9 Å². The normalized spacial score (nSPS) is 26.0. The van der Waals surface area contributed by atoms with Crippen molar-refractivity contribution in [3.63, 3.8) is 0 Å². The molecule has 2 unspecified atom stereocenters. The summed E-state index contributed by atoms with van der Waals surface area (Å²) in [6.45, 7) is 5.66. The number of urea groups is 1. The molecule has 7 rings (SSSR count). The van der Waals surface area contributed by atoms with Crippen LogP contribution >= 0.6 is 0 Å². The van der Waals surface area contributed by atoms with E-state index in [-0.39, 0.29) is 23.3 Å². The molecule has 4 aliphatic rings. The zero-order valence-corrected chi connectivity index (χ0v) is 20.6. The number of fused-ring (bicyclic) bond motifs is 2. The maximum Gasteiger partial charge on any atom is 0.324 e. The summed E-state index contributed by atoms with van der Waals surface area (Å²) in [5.41, 5.74) is 7.42. The van der Waals surface area contributed by atoms with E-state index in [9.17, 15) is 14.4 Å². The summed E-state index contributed by atoms with van der Waals surface area (Å²) < 4.78 is 0. The zero-order valence-electron chi connectivity index (χ0n) is 20.6. The summed E-state index contributed by atoms with van der Waals surface area (Å²) in [7, 11) is 1.69. The van der Waals surface area contributed by atoms with Crippen molar-refractivity contribution in [2.45, 2.75) is 50.6 Å². The number of rotatable bonds is 2. The highest BCUT2D eigenvalue weighted by Gasteiger charge is 2.54. The number of aryl methyl sites for hydroxylation is 1. The van der Waals surface area contributed by atoms with Crippen LogP contribution in [-0.2, 0) is 34.4 Å². The maximum atomic E-state index is 12.7. The van der Waals surface area contributed by atoms with Gasteiger partial charge in [0.15, 0.2) is 0 Å². The molecule has 1 aliphatic carbocycles. The molecule has 182 valence electrons. The second kappa shape index (κ2) is 6.84. The predicted octanol–water partition coefficient (Wildman–Crippen LogP) is 3.18. The van der Waals surface area contributed by atoms with Crippen LogP contribution in [0.2, 0.25) is 0 Å². The molecule has 8 heteroatoms. The lowest BCUT2D eigenvalue weighted by Gasteiger charge is -2.31. The number of nitrogens with one attached hydrogen (secondary N) is 2. The fraction of sp³-hybridized carbons (Fsp3) is 0.357. The molecule has 4 amide bonds. The van der Waals surface area contributed by atoms with E-state index in [1.807, 2.05) is 0 Å². The van der Waals surface area contributed by atoms with Gasteiger partial charge in [0, 0.05) is 60.6 Å². The van der Waals surface area contributed by atoms with Crippen LogP contribution in [0.25, 0.3) is 10.9 Å².